The summed E-state index contributed by atoms with van der Waals surface area (Å²) >= 11 is 1.51. The molecule has 0 radical (unpaired) electrons. The number of anilines is 2. The maximum absolute atomic E-state index is 13.4. The predicted molar refractivity (Wildman–Crippen MR) is 223 cm³/mol. The number of carboxylic acid groups (broad SMARTS) is 1. The van der Waals surface area contributed by atoms with Gasteiger partial charge in [0.05, 0.1) is 30.4 Å². The van der Waals surface area contributed by atoms with E-state index in [9.17, 15) is 19.2 Å². The number of aliphatic carboxylic acids is 1. The number of benzene rings is 2. The number of nitrogens with one attached hydrogen (secondary N) is 2. The van der Waals surface area contributed by atoms with Crippen LogP contribution in [-0.4, -0.2) is 67.3 Å². The Morgan fingerprint density at radius 1 is 0.981 bits per heavy atom. The molecule has 0 aliphatic carbocycles. The Labute approximate surface area is 325 Å². The molecule has 1 aromatic heterocycles. The van der Waals surface area contributed by atoms with E-state index in [1.807, 2.05) is 78.1 Å². The molecule has 0 spiro atoms. The van der Waals surface area contributed by atoms with Gasteiger partial charge in [0.15, 0.2) is 0 Å². The third-order valence-corrected chi connectivity index (χ3v) is 8.68. The molecule has 4 rings (SSSR count). The second-order valence-electron chi connectivity index (χ2n) is 12.2. The summed E-state index contributed by atoms with van der Waals surface area (Å²) in [5.74, 6) is -1.47. The summed E-state index contributed by atoms with van der Waals surface area (Å²) in [5.41, 5.74) is 9.39. The average Bonchev–Trinajstić information content (AvgIpc) is 3.54. The van der Waals surface area contributed by atoms with Crippen molar-refractivity contribution in [3.8, 4) is 0 Å². The third kappa shape index (κ3) is 15.4. The van der Waals surface area contributed by atoms with Crippen LogP contribution >= 0.6 is 11.3 Å². The number of rotatable bonds is 11. The lowest BCUT2D eigenvalue weighted by Gasteiger charge is -2.30. The number of aryl methyl sites for hydroxylation is 2. The molecule has 0 atom stereocenters. The second kappa shape index (κ2) is 24.9. The lowest BCUT2D eigenvalue weighted by Crippen LogP contribution is -2.39. The van der Waals surface area contributed by atoms with Crippen LogP contribution in [0.4, 0.5) is 15.5 Å². The van der Waals surface area contributed by atoms with Crippen LogP contribution in [0.5, 0.6) is 0 Å². The first-order chi connectivity index (χ1) is 25.3. The monoisotopic (exact) mass is 764 g/mol. The number of fused-ring (bicyclic) bond motifs is 1. The van der Waals surface area contributed by atoms with Crippen LogP contribution in [0.15, 0.2) is 85.5 Å². The largest absolute Gasteiger partial charge is 0.478 e. The number of carbonyl (C=O) groups excluding carboxylic acids is 3. The van der Waals surface area contributed by atoms with Gasteiger partial charge in [-0.05, 0) is 101 Å². The van der Waals surface area contributed by atoms with E-state index in [0.29, 0.717) is 30.6 Å². The molecule has 3 aromatic rings. The zero-order valence-electron chi connectivity index (χ0n) is 32.3. The predicted octanol–water partition coefficient (Wildman–Crippen LogP) is 8.90. The number of ether oxygens (including phenoxy) is 2. The van der Waals surface area contributed by atoms with Crippen molar-refractivity contribution in [2.75, 3.05) is 38.4 Å². The number of hydrogen-bond acceptors (Lipinski definition) is 9. The Morgan fingerprint density at radius 2 is 1.54 bits per heavy atom. The molecule has 0 bridgehead atoms. The first kappa shape index (κ1) is 48.8. The van der Waals surface area contributed by atoms with Crippen molar-refractivity contribution in [2.24, 2.45) is 5.73 Å². The fourth-order valence-electron chi connectivity index (χ4n) is 5.03. The van der Waals surface area contributed by atoms with Crippen molar-refractivity contribution >= 4 is 46.0 Å². The maximum atomic E-state index is 13.4. The minimum Gasteiger partial charge on any atom is -0.478 e. The highest BCUT2D eigenvalue weighted by Gasteiger charge is 2.31. The smallest absolute Gasteiger partial charge is 0.410 e. The quantitative estimate of drug-likeness (QED) is 0.0849. The van der Waals surface area contributed by atoms with Crippen molar-refractivity contribution in [3.63, 3.8) is 0 Å². The van der Waals surface area contributed by atoms with Gasteiger partial charge in [0.25, 0.3) is 5.91 Å². The molecule has 54 heavy (non-hydrogen) atoms. The summed E-state index contributed by atoms with van der Waals surface area (Å²) in [6.07, 6.45) is 7.10. The number of allylic oxidation sites excluding steroid dienone is 2. The summed E-state index contributed by atoms with van der Waals surface area (Å²) < 4.78 is 10.3. The molecule has 0 saturated carbocycles. The maximum Gasteiger partial charge on any atom is 0.410 e. The molecule has 2 amide bonds. The SMILES string of the molecule is C.C=C/C=C(\C=C)C(=O)O.CC.CN.CNc1sc2c(c1C(=O)Nc1ccc(CCCc3ccc(C(=O)OC)cc3)cc1)CCN(C(=O)OC(C)(C)C)C2. The molecular weight excluding hydrogens is 705 g/mol. The van der Waals surface area contributed by atoms with Crippen LogP contribution in [0.3, 0.4) is 0 Å². The van der Waals surface area contributed by atoms with Crippen molar-refractivity contribution in [2.45, 2.75) is 79.9 Å². The summed E-state index contributed by atoms with van der Waals surface area (Å²) in [4.78, 5) is 50.3. The van der Waals surface area contributed by atoms with Gasteiger partial charge in [-0.1, -0.05) is 70.8 Å². The molecule has 1 aliphatic heterocycles. The average molecular weight is 765 g/mol. The van der Waals surface area contributed by atoms with Crippen LogP contribution in [0, 0.1) is 0 Å². The van der Waals surface area contributed by atoms with Gasteiger partial charge in [-0.3, -0.25) is 4.79 Å². The summed E-state index contributed by atoms with van der Waals surface area (Å²) in [6.45, 7) is 17.2. The number of nitrogens with two attached hydrogens (primary N) is 1. The number of nitrogens with zero attached hydrogens (tertiary/aromatic N) is 1. The molecule has 11 nitrogen and oxygen atoms in total. The second-order valence-corrected chi connectivity index (χ2v) is 13.3. The first-order valence-corrected chi connectivity index (χ1v) is 18.3. The zero-order chi connectivity index (χ0) is 40.1. The van der Waals surface area contributed by atoms with Gasteiger partial charge < -0.3 is 35.8 Å². The Hall–Kier alpha value is -5.20. The lowest BCUT2D eigenvalue weighted by molar-refractivity contribution is -0.132. The van der Waals surface area contributed by atoms with E-state index < -0.39 is 11.6 Å². The van der Waals surface area contributed by atoms with Crippen LogP contribution in [0.25, 0.3) is 0 Å². The van der Waals surface area contributed by atoms with E-state index in [1.54, 1.807) is 17.0 Å². The van der Waals surface area contributed by atoms with E-state index in [1.165, 1.54) is 54.8 Å². The van der Waals surface area contributed by atoms with Crippen molar-refractivity contribution in [1.82, 2.24) is 4.90 Å². The lowest BCUT2D eigenvalue weighted by atomic mass is 10.0. The Balaban J connectivity index is 0.00000174. The highest BCUT2D eigenvalue weighted by atomic mass is 32.1. The number of esters is 1. The van der Waals surface area contributed by atoms with Gasteiger partial charge >= 0.3 is 18.0 Å². The van der Waals surface area contributed by atoms with Gasteiger partial charge in [-0.15, -0.1) is 11.3 Å². The Kier molecular flexibility index (Phi) is 22.5. The van der Waals surface area contributed by atoms with Crippen LogP contribution in [0.2, 0.25) is 0 Å². The van der Waals surface area contributed by atoms with Gasteiger partial charge in [0.2, 0.25) is 0 Å². The molecule has 2 heterocycles. The van der Waals surface area contributed by atoms with Gasteiger partial charge in [0, 0.05) is 24.2 Å². The van der Waals surface area contributed by atoms with Crippen molar-refractivity contribution in [1.29, 1.82) is 0 Å². The Bertz CT molecular complexity index is 1690. The molecular formula is C42H60N4O7S. The summed E-state index contributed by atoms with van der Waals surface area (Å²) in [7, 11) is 4.69. The highest BCUT2D eigenvalue weighted by Crippen LogP contribution is 2.37. The fraction of sp³-hybridized carbons (Fsp3) is 0.381. The van der Waals surface area contributed by atoms with Crippen LogP contribution in [-0.2, 0) is 40.1 Å². The zero-order valence-corrected chi connectivity index (χ0v) is 33.2. The van der Waals surface area contributed by atoms with Crippen LogP contribution < -0.4 is 16.4 Å². The van der Waals surface area contributed by atoms with Gasteiger partial charge in [-0.25, -0.2) is 14.4 Å². The molecule has 2 aromatic carbocycles. The van der Waals surface area contributed by atoms with E-state index in [2.05, 4.69) is 29.5 Å². The standard InChI is InChI=1S/C31H37N3O5S.C7H8O2.C2H6.CH5N.CH4/c1-31(2,3)39-30(37)34-18-17-24-25(19-34)40-28(32-4)26(24)27(35)33-23-15-11-21(12-16-23)8-6-7-20-9-13-22(14-10-20)29(36)38-5;1-3-5-6(4-2)7(8)9;2*1-2;/h9-16,32H,6-8,17-19H2,1-5H3,(H,33,35);3-5H,1-2H2,(H,8,9);1-2H3;2H2,1H3;1H4/b;6-5+;;;. The summed E-state index contributed by atoms with van der Waals surface area (Å²) in [6, 6.07) is 15.4. The first-order valence-electron chi connectivity index (χ1n) is 17.4. The van der Waals surface area contributed by atoms with Crippen molar-refractivity contribution < 1.29 is 33.8 Å². The third-order valence-electron chi connectivity index (χ3n) is 7.44. The normalized spacial score (nSPS) is 11.5. The van der Waals surface area contributed by atoms with E-state index in [-0.39, 0.29) is 31.0 Å². The highest BCUT2D eigenvalue weighted by molar-refractivity contribution is 7.16. The van der Waals surface area contributed by atoms with E-state index in [4.69, 9.17) is 14.6 Å². The molecule has 0 unspecified atom stereocenters. The molecule has 1 aliphatic rings. The van der Waals surface area contributed by atoms with Gasteiger partial charge in [0.1, 0.15) is 10.6 Å². The van der Waals surface area contributed by atoms with Crippen molar-refractivity contribution in [3.05, 3.63) is 118 Å². The fourth-order valence-corrected chi connectivity index (χ4v) is 6.24. The molecule has 12 heteroatoms. The Morgan fingerprint density at radius 3 is 1.98 bits per heavy atom. The van der Waals surface area contributed by atoms with E-state index in [0.717, 1.165) is 40.4 Å². The number of methoxy groups -OCH3 is 1. The number of amides is 2. The molecule has 296 valence electrons. The van der Waals surface area contributed by atoms with Crippen LogP contribution in [0.1, 0.15) is 90.7 Å². The number of carbonyl (C=O) groups is 4. The number of carboxylic acids is 1. The summed E-state index contributed by atoms with van der Waals surface area (Å²) in [5, 5.41) is 15.3. The molecule has 0 saturated heterocycles. The molecule has 5 N–H and O–H groups in total. The minimum absolute atomic E-state index is 0. The molecule has 0 fully saturated rings. The van der Waals surface area contributed by atoms with E-state index >= 15 is 0 Å². The number of hydrogen-bond donors (Lipinski definition) is 4. The number of thiophene rings is 1. The van der Waals surface area contributed by atoms with Gasteiger partial charge in [-0.2, -0.15) is 0 Å². The minimum atomic E-state index is -0.982. The topological polar surface area (TPSA) is 160 Å².